The van der Waals surface area contributed by atoms with Crippen LogP contribution < -0.4 is 5.32 Å². The molecule has 18 heavy (non-hydrogen) atoms. The topological polar surface area (TPSA) is 29.1 Å². The highest BCUT2D eigenvalue weighted by Crippen LogP contribution is 2.41. The van der Waals surface area contributed by atoms with E-state index in [9.17, 15) is 4.79 Å². The summed E-state index contributed by atoms with van der Waals surface area (Å²) in [7, 11) is 0. The average molecular weight is 274 g/mol. The fraction of sp³-hybridized carbons (Fsp3) is 0.933. The normalized spacial score (nSPS) is 23.7. The van der Waals surface area contributed by atoms with E-state index in [1.165, 1.54) is 12.8 Å². The zero-order valence-corrected chi connectivity index (χ0v) is 13.1. The molecule has 0 aromatic carbocycles. The van der Waals surface area contributed by atoms with Gasteiger partial charge in [-0.15, -0.1) is 11.6 Å². The number of hydrogen-bond acceptors (Lipinski definition) is 1. The van der Waals surface area contributed by atoms with Crippen LogP contribution in [0.2, 0.25) is 0 Å². The smallest absolute Gasteiger partial charge is 0.224 e. The highest BCUT2D eigenvalue weighted by atomic mass is 35.5. The van der Waals surface area contributed by atoms with Crippen molar-refractivity contribution in [3.05, 3.63) is 0 Å². The molecule has 0 aromatic rings. The van der Waals surface area contributed by atoms with E-state index in [2.05, 4.69) is 33.0 Å². The van der Waals surface area contributed by atoms with Crippen LogP contribution in [0, 0.1) is 11.3 Å². The van der Waals surface area contributed by atoms with Crippen LogP contribution in [-0.2, 0) is 4.79 Å². The highest BCUT2D eigenvalue weighted by molar-refractivity contribution is 6.18. The zero-order valence-electron chi connectivity index (χ0n) is 12.3. The molecule has 0 aromatic heterocycles. The summed E-state index contributed by atoms with van der Waals surface area (Å²) < 4.78 is 0. The van der Waals surface area contributed by atoms with Gasteiger partial charge in [0.2, 0.25) is 5.91 Å². The lowest BCUT2D eigenvalue weighted by molar-refractivity contribution is -0.132. The number of rotatable bonds is 5. The molecule has 1 saturated carbocycles. The molecule has 0 heterocycles. The summed E-state index contributed by atoms with van der Waals surface area (Å²) in [6.07, 6.45) is 6.38. The number of alkyl halides is 1. The third-order valence-corrected chi connectivity index (χ3v) is 5.33. The van der Waals surface area contributed by atoms with Crippen LogP contribution in [-0.4, -0.2) is 17.3 Å². The number of nitrogens with one attached hydrogen (secondary N) is 1. The molecule has 1 unspecified atom stereocenters. The molecule has 1 rings (SSSR count). The van der Waals surface area contributed by atoms with Crippen molar-refractivity contribution >= 4 is 17.5 Å². The first kappa shape index (κ1) is 15.8. The molecular weight excluding hydrogens is 246 g/mol. The predicted molar refractivity (Wildman–Crippen MR) is 77.9 cm³/mol. The van der Waals surface area contributed by atoms with Gasteiger partial charge in [0.15, 0.2) is 0 Å². The maximum Gasteiger partial charge on any atom is 0.224 e. The van der Waals surface area contributed by atoms with Crippen molar-refractivity contribution < 1.29 is 4.79 Å². The molecule has 1 atom stereocenters. The molecule has 2 nitrogen and oxygen atoms in total. The third kappa shape index (κ3) is 3.40. The Balaban J connectivity index is 2.74. The molecule has 0 bridgehead atoms. The molecular formula is C15H28ClNO. The van der Waals surface area contributed by atoms with Crippen molar-refractivity contribution in [2.75, 3.05) is 5.88 Å². The van der Waals surface area contributed by atoms with Crippen molar-refractivity contribution in [1.82, 2.24) is 5.32 Å². The van der Waals surface area contributed by atoms with Gasteiger partial charge in [0.1, 0.15) is 0 Å². The molecule has 106 valence electrons. The summed E-state index contributed by atoms with van der Waals surface area (Å²) in [6.45, 7) is 8.63. The van der Waals surface area contributed by atoms with E-state index in [0.717, 1.165) is 25.7 Å². The first-order valence-corrected chi connectivity index (χ1v) is 7.82. The second kappa shape index (κ2) is 6.27. The Morgan fingerprint density at radius 2 is 1.94 bits per heavy atom. The van der Waals surface area contributed by atoms with Gasteiger partial charge in [-0.1, -0.05) is 40.5 Å². The Bertz CT molecular complexity index is 276. The summed E-state index contributed by atoms with van der Waals surface area (Å²) in [4.78, 5) is 12.5. The van der Waals surface area contributed by atoms with Gasteiger partial charge in [-0.05, 0) is 31.1 Å². The molecule has 1 aliphatic carbocycles. The van der Waals surface area contributed by atoms with Gasteiger partial charge in [-0.2, -0.15) is 0 Å². The average Bonchev–Trinajstić information content (AvgIpc) is 2.35. The zero-order chi connectivity index (χ0) is 13.8. The largest absolute Gasteiger partial charge is 0.349 e. The second-order valence-corrected chi connectivity index (χ2v) is 6.66. The van der Waals surface area contributed by atoms with Gasteiger partial charge in [0.05, 0.1) is 5.54 Å². The van der Waals surface area contributed by atoms with Crippen LogP contribution in [0.4, 0.5) is 0 Å². The molecule has 3 heteroatoms. The number of amides is 1. The van der Waals surface area contributed by atoms with Gasteiger partial charge < -0.3 is 5.32 Å². The Morgan fingerprint density at radius 3 is 2.39 bits per heavy atom. The first-order chi connectivity index (χ1) is 8.40. The quantitative estimate of drug-likeness (QED) is 0.750. The minimum absolute atomic E-state index is 0.127. The van der Waals surface area contributed by atoms with E-state index in [1.54, 1.807) is 0 Å². The van der Waals surface area contributed by atoms with E-state index >= 15 is 0 Å². The number of carbonyl (C=O) groups is 1. The van der Waals surface area contributed by atoms with Crippen molar-refractivity contribution in [2.45, 2.75) is 71.8 Å². The van der Waals surface area contributed by atoms with Gasteiger partial charge in [-0.25, -0.2) is 0 Å². The Hall–Kier alpha value is -0.240. The van der Waals surface area contributed by atoms with Crippen LogP contribution in [0.1, 0.15) is 66.2 Å². The molecule has 1 N–H and O–H groups in total. The maximum atomic E-state index is 12.5. The lowest BCUT2D eigenvalue weighted by Crippen LogP contribution is -2.53. The summed E-state index contributed by atoms with van der Waals surface area (Å²) in [5, 5.41) is 3.23. The number of hydrogen-bond donors (Lipinski definition) is 1. The second-order valence-electron chi connectivity index (χ2n) is 6.40. The van der Waals surface area contributed by atoms with Crippen molar-refractivity contribution in [3.63, 3.8) is 0 Å². The fourth-order valence-electron chi connectivity index (χ4n) is 2.98. The van der Waals surface area contributed by atoms with Crippen LogP contribution >= 0.6 is 11.6 Å². The van der Waals surface area contributed by atoms with Crippen LogP contribution in [0.3, 0.4) is 0 Å². The van der Waals surface area contributed by atoms with Gasteiger partial charge in [0.25, 0.3) is 0 Å². The minimum atomic E-state index is -0.216. The predicted octanol–water partition coefficient (Wildman–Crippen LogP) is 4.12. The molecule has 0 spiro atoms. The van der Waals surface area contributed by atoms with E-state index in [0.29, 0.717) is 5.88 Å². The molecule has 1 amide bonds. The van der Waals surface area contributed by atoms with Crippen LogP contribution in [0.5, 0.6) is 0 Å². The van der Waals surface area contributed by atoms with Crippen molar-refractivity contribution in [3.8, 4) is 0 Å². The molecule has 1 aliphatic rings. The molecule has 0 radical (unpaired) electrons. The Morgan fingerprint density at radius 1 is 1.33 bits per heavy atom. The molecule has 0 aliphatic heterocycles. The maximum absolute atomic E-state index is 12.5. The van der Waals surface area contributed by atoms with Crippen molar-refractivity contribution in [1.29, 1.82) is 0 Å². The van der Waals surface area contributed by atoms with E-state index in [-0.39, 0.29) is 22.8 Å². The third-order valence-electron chi connectivity index (χ3n) is 4.82. The van der Waals surface area contributed by atoms with Crippen LogP contribution in [0.25, 0.3) is 0 Å². The first-order valence-electron chi connectivity index (χ1n) is 7.29. The standard InChI is InChI=1S/C15H28ClNO/c1-5-15(6-2,11-16)17-13(18)12-9-7-8-10-14(12,3)4/h12H,5-11H2,1-4H3,(H,17,18). The van der Waals surface area contributed by atoms with Gasteiger partial charge in [-0.3, -0.25) is 4.79 Å². The van der Waals surface area contributed by atoms with E-state index in [1.807, 2.05) is 0 Å². The Labute approximate surface area is 117 Å². The van der Waals surface area contributed by atoms with Crippen molar-refractivity contribution in [2.24, 2.45) is 11.3 Å². The monoisotopic (exact) mass is 273 g/mol. The summed E-state index contributed by atoms with van der Waals surface area (Å²) >= 11 is 6.06. The Kier molecular flexibility index (Phi) is 5.51. The van der Waals surface area contributed by atoms with E-state index in [4.69, 9.17) is 11.6 Å². The number of carbonyl (C=O) groups excluding carboxylic acids is 1. The van der Waals surface area contributed by atoms with Gasteiger partial charge >= 0.3 is 0 Å². The summed E-state index contributed by atoms with van der Waals surface area (Å²) in [6, 6.07) is 0. The lowest BCUT2D eigenvalue weighted by Gasteiger charge is -2.40. The van der Waals surface area contributed by atoms with E-state index < -0.39 is 0 Å². The van der Waals surface area contributed by atoms with Crippen LogP contribution in [0.15, 0.2) is 0 Å². The molecule has 1 fully saturated rings. The summed E-state index contributed by atoms with van der Waals surface area (Å²) in [5.74, 6) is 0.856. The number of halogens is 1. The lowest BCUT2D eigenvalue weighted by atomic mass is 9.68. The van der Waals surface area contributed by atoms with Gasteiger partial charge in [0, 0.05) is 11.8 Å². The SMILES string of the molecule is CCC(CC)(CCl)NC(=O)C1CCCCC1(C)C. The highest BCUT2D eigenvalue weighted by Gasteiger charge is 2.39. The minimum Gasteiger partial charge on any atom is -0.349 e. The fourth-order valence-corrected chi connectivity index (χ4v) is 3.42. The summed E-state index contributed by atoms with van der Waals surface area (Å²) in [5.41, 5.74) is -0.0893. The molecule has 0 saturated heterocycles.